The number of nitrogens with zero attached hydrogens (tertiary/aromatic N) is 2. The molecule has 257 valence electrons. The predicted molar refractivity (Wildman–Crippen MR) is 204 cm³/mol. The van der Waals surface area contributed by atoms with Gasteiger partial charge in [0.1, 0.15) is 6.04 Å². The molecule has 0 fully saturated rings. The van der Waals surface area contributed by atoms with Crippen molar-refractivity contribution in [2.24, 2.45) is 0 Å². The van der Waals surface area contributed by atoms with Gasteiger partial charge in [-0.15, -0.1) is 0 Å². The first-order chi connectivity index (χ1) is 24.9. The molecule has 2 aliphatic heterocycles. The minimum atomic E-state index is -0.344. The third-order valence-electron chi connectivity index (χ3n) is 11.3. The van der Waals surface area contributed by atoms with E-state index in [-0.39, 0.29) is 29.7 Å². The highest BCUT2D eigenvalue weighted by atomic mass is 16.2. The molecule has 0 atom stereocenters. The lowest BCUT2D eigenvalue weighted by atomic mass is 9.81. The highest BCUT2D eigenvalue weighted by Gasteiger charge is 2.40. The fraction of sp³-hybridized carbons (Fsp3) is 0.311. The fourth-order valence-corrected chi connectivity index (χ4v) is 8.75. The normalized spacial score (nSPS) is 14.6. The van der Waals surface area contributed by atoms with E-state index in [4.69, 9.17) is 0 Å². The molecule has 6 aromatic rings. The average molecular weight is 676 g/mol. The number of carbonyl (C=O) groups excluding carboxylic acids is 4. The van der Waals surface area contributed by atoms with E-state index >= 15 is 0 Å². The molecule has 4 amide bonds. The molecule has 2 heterocycles. The van der Waals surface area contributed by atoms with Crippen LogP contribution in [0, 0.1) is 6.04 Å². The summed E-state index contributed by atoms with van der Waals surface area (Å²) in [5, 5.41) is 6.70. The van der Waals surface area contributed by atoms with E-state index in [9.17, 15) is 19.2 Å². The Bertz CT molecular complexity index is 2230. The third kappa shape index (κ3) is 5.13. The standard InChI is InChI=1S/C45H43N2O4/c1-4-6-8-13-17-29(18-14-9-7-5-2)47-44(50)36-25-21-32-30-19-23-34-40-35(43(49)46(42(34)48)27(3)28-15-11-10-12-16-28)24-20-31(38(30)40)33-22-26-37(45(47)51)41(36)39(32)33/h10-12,15-16,19-26,29H,4-9,13-14,17-18H2,1-3H3. The number of rotatable bonds is 13. The fourth-order valence-electron chi connectivity index (χ4n) is 8.75. The Morgan fingerprint density at radius 1 is 0.490 bits per heavy atom. The number of imide groups is 2. The highest BCUT2D eigenvalue weighted by Crippen LogP contribution is 2.47. The van der Waals surface area contributed by atoms with E-state index in [2.05, 4.69) is 13.8 Å². The van der Waals surface area contributed by atoms with Crippen molar-refractivity contribution in [1.82, 2.24) is 9.80 Å². The maximum Gasteiger partial charge on any atom is 0.262 e. The monoisotopic (exact) mass is 675 g/mol. The zero-order chi connectivity index (χ0) is 35.4. The van der Waals surface area contributed by atoms with Crippen LogP contribution in [0.15, 0.2) is 78.9 Å². The number of hydrogen-bond donors (Lipinski definition) is 0. The molecule has 0 spiro atoms. The first-order valence-corrected chi connectivity index (χ1v) is 18.7. The lowest BCUT2D eigenvalue weighted by molar-refractivity contribution is 0.0515. The zero-order valence-electron chi connectivity index (χ0n) is 29.7. The molecule has 0 saturated heterocycles. The lowest BCUT2D eigenvalue weighted by Gasteiger charge is -2.35. The number of unbranched alkanes of at least 4 members (excludes halogenated alkanes) is 6. The Kier molecular flexibility index (Phi) is 8.57. The maximum absolute atomic E-state index is 14.4. The topological polar surface area (TPSA) is 74.8 Å². The summed E-state index contributed by atoms with van der Waals surface area (Å²) in [7, 11) is 0. The molecular formula is C45H43N2O4. The number of carbonyl (C=O) groups is 4. The summed E-state index contributed by atoms with van der Waals surface area (Å²) in [6, 6.07) is 25.3. The molecule has 0 aliphatic carbocycles. The smallest absolute Gasteiger partial charge is 0.262 e. The van der Waals surface area contributed by atoms with Crippen molar-refractivity contribution in [2.75, 3.05) is 0 Å². The average Bonchev–Trinajstić information content (AvgIpc) is 3.15. The second kappa shape index (κ2) is 13.2. The van der Waals surface area contributed by atoms with Gasteiger partial charge in [-0.2, -0.15) is 0 Å². The first kappa shape index (κ1) is 33.1. The van der Waals surface area contributed by atoms with Gasteiger partial charge in [-0.05, 0) is 81.9 Å². The maximum atomic E-state index is 14.4. The quantitative estimate of drug-likeness (QED) is 0.0528. The van der Waals surface area contributed by atoms with Gasteiger partial charge in [-0.3, -0.25) is 29.0 Å². The van der Waals surface area contributed by atoms with Crippen LogP contribution >= 0.6 is 0 Å². The number of fused-ring (bicyclic) bond motifs is 2. The molecule has 0 unspecified atom stereocenters. The minimum Gasteiger partial charge on any atom is -0.271 e. The van der Waals surface area contributed by atoms with E-state index in [0.29, 0.717) is 39.1 Å². The van der Waals surface area contributed by atoms with Crippen molar-refractivity contribution in [3.05, 3.63) is 113 Å². The van der Waals surface area contributed by atoms with Crippen LogP contribution in [0.5, 0.6) is 0 Å². The second-order valence-corrected chi connectivity index (χ2v) is 14.4. The van der Waals surface area contributed by atoms with Crippen LogP contribution < -0.4 is 0 Å². The zero-order valence-corrected chi connectivity index (χ0v) is 29.7. The molecule has 8 rings (SSSR count). The van der Waals surface area contributed by atoms with Crippen LogP contribution in [-0.2, 0) is 0 Å². The van der Waals surface area contributed by atoms with Gasteiger partial charge in [-0.25, -0.2) is 0 Å². The number of benzene rings is 6. The van der Waals surface area contributed by atoms with Gasteiger partial charge in [0.15, 0.2) is 0 Å². The molecule has 51 heavy (non-hydrogen) atoms. The largest absolute Gasteiger partial charge is 0.271 e. The Balaban J connectivity index is 1.25. The van der Waals surface area contributed by atoms with E-state index < -0.39 is 0 Å². The van der Waals surface area contributed by atoms with Gasteiger partial charge in [0, 0.05) is 39.1 Å². The second-order valence-electron chi connectivity index (χ2n) is 14.4. The van der Waals surface area contributed by atoms with Crippen molar-refractivity contribution in [3.8, 4) is 0 Å². The molecule has 6 heteroatoms. The molecular weight excluding hydrogens is 633 g/mol. The summed E-state index contributed by atoms with van der Waals surface area (Å²) in [4.78, 5) is 59.9. The summed E-state index contributed by atoms with van der Waals surface area (Å²) < 4.78 is 0. The molecule has 2 aliphatic rings. The molecule has 6 aromatic carbocycles. The molecule has 0 aromatic heterocycles. The summed E-state index contributed by atoms with van der Waals surface area (Å²) in [5.41, 5.74) is 2.92. The predicted octanol–water partition coefficient (Wildman–Crippen LogP) is 10.8. The van der Waals surface area contributed by atoms with Gasteiger partial charge in [0.25, 0.3) is 23.6 Å². The van der Waals surface area contributed by atoms with Crippen molar-refractivity contribution in [3.63, 3.8) is 0 Å². The lowest BCUT2D eigenvalue weighted by Crippen LogP contribution is -2.47. The van der Waals surface area contributed by atoms with E-state index in [1.54, 1.807) is 11.8 Å². The van der Waals surface area contributed by atoms with Gasteiger partial charge < -0.3 is 0 Å². The molecule has 1 radical (unpaired) electrons. The Hall–Kier alpha value is -5.10. The number of hydrogen-bond acceptors (Lipinski definition) is 4. The minimum absolute atomic E-state index is 0.122. The molecule has 0 saturated carbocycles. The third-order valence-corrected chi connectivity index (χ3v) is 11.3. The van der Waals surface area contributed by atoms with Crippen LogP contribution in [0.1, 0.15) is 132 Å². The van der Waals surface area contributed by atoms with Gasteiger partial charge >= 0.3 is 0 Å². The Morgan fingerprint density at radius 2 is 0.902 bits per heavy atom. The van der Waals surface area contributed by atoms with Crippen molar-refractivity contribution >= 4 is 66.7 Å². The van der Waals surface area contributed by atoms with E-state index in [1.165, 1.54) is 4.90 Å². The summed E-state index contributed by atoms with van der Waals surface area (Å²) in [6.07, 6.45) is 10.5. The van der Waals surface area contributed by atoms with Crippen LogP contribution in [0.25, 0.3) is 43.1 Å². The van der Waals surface area contributed by atoms with Gasteiger partial charge in [-0.1, -0.05) is 120 Å². The Labute approximate surface area is 298 Å². The van der Waals surface area contributed by atoms with Crippen molar-refractivity contribution in [1.29, 1.82) is 0 Å². The SMILES string of the molecule is CCCCCCC(CCCCCC)N1C(=O)c2ccc3c4ccc5c6c(ccc(c7ccc(c2c37)C1=O)c64)C(=O)N([C](C)c1ccccc1)C5=O. The van der Waals surface area contributed by atoms with Crippen LogP contribution in [-0.4, -0.2) is 39.5 Å². The van der Waals surface area contributed by atoms with Crippen LogP contribution in [0.2, 0.25) is 0 Å². The Morgan fingerprint density at radius 3 is 1.31 bits per heavy atom. The van der Waals surface area contributed by atoms with Crippen molar-refractivity contribution in [2.45, 2.75) is 91.0 Å². The molecule has 0 bridgehead atoms. The summed E-state index contributed by atoms with van der Waals surface area (Å²) in [6.45, 7) is 6.19. The molecule has 6 nitrogen and oxygen atoms in total. The van der Waals surface area contributed by atoms with E-state index in [1.807, 2.05) is 78.9 Å². The summed E-state index contributed by atoms with van der Waals surface area (Å²) in [5.74, 6) is -1.10. The van der Waals surface area contributed by atoms with Crippen LogP contribution in [0.3, 0.4) is 0 Å². The first-order valence-electron chi connectivity index (χ1n) is 18.7. The number of amides is 4. The van der Waals surface area contributed by atoms with Crippen molar-refractivity contribution < 1.29 is 19.2 Å². The van der Waals surface area contributed by atoms with E-state index in [0.717, 1.165) is 102 Å². The van der Waals surface area contributed by atoms with Gasteiger partial charge in [0.05, 0.1) is 0 Å². The van der Waals surface area contributed by atoms with Gasteiger partial charge in [0.2, 0.25) is 0 Å². The highest BCUT2D eigenvalue weighted by molar-refractivity contribution is 6.41. The van der Waals surface area contributed by atoms with Crippen LogP contribution in [0.4, 0.5) is 0 Å². The summed E-state index contributed by atoms with van der Waals surface area (Å²) >= 11 is 0. The molecule has 0 N–H and O–H groups in total.